The summed E-state index contributed by atoms with van der Waals surface area (Å²) in [5.41, 5.74) is 5.18. The van der Waals surface area contributed by atoms with Crippen LogP contribution in [0.25, 0.3) is 0 Å². The lowest BCUT2D eigenvalue weighted by Gasteiger charge is -2.26. The van der Waals surface area contributed by atoms with E-state index in [0.717, 1.165) is 0 Å². The van der Waals surface area contributed by atoms with Gasteiger partial charge >= 0.3 is 0 Å². The summed E-state index contributed by atoms with van der Waals surface area (Å²) in [5.74, 6) is -0.0750. The van der Waals surface area contributed by atoms with Crippen molar-refractivity contribution < 1.29 is 22.3 Å². The van der Waals surface area contributed by atoms with E-state index in [1.54, 1.807) is 0 Å². The molecule has 0 spiro atoms. The highest BCUT2D eigenvalue weighted by molar-refractivity contribution is 7.89. The van der Waals surface area contributed by atoms with Crippen LogP contribution in [0.1, 0.15) is 0 Å². The first-order valence-electron chi connectivity index (χ1n) is 6.89. The van der Waals surface area contributed by atoms with Crippen LogP contribution in [0.15, 0.2) is 41.1 Å². The molecule has 1 fully saturated rings. The predicted molar refractivity (Wildman–Crippen MR) is 87.0 cm³/mol. The van der Waals surface area contributed by atoms with E-state index in [1.807, 2.05) is 0 Å². The van der Waals surface area contributed by atoms with Gasteiger partial charge in [0.1, 0.15) is 18.2 Å². The molecule has 1 aromatic carbocycles. The van der Waals surface area contributed by atoms with E-state index in [9.17, 15) is 12.8 Å². The van der Waals surface area contributed by atoms with Crippen LogP contribution in [0.4, 0.5) is 4.39 Å². The molecule has 0 amide bonds. The van der Waals surface area contributed by atoms with Crippen LogP contribution in [-0.4, -0.2) is 52.2 Å². The molecule has 0 aliphatic carbocycles. The van der Waals surface area contributed by atoms with E-state index in [4.69, 9.17) is 15.2 Å². The van der Waals surface area contributed by atoms with Crippen LogP contribution in [0.2, 0.25) is 0 Å². The Kier molecular flexibility index (Phi) is 7.93. The third-order valence-corrected chi connectivity index (χ3v) is 5.06. The van der Waals surface area contributed by atoms with Crippen LogP contribution in [0.3, 0.4) is 0 Å². The quantitative estimate of drug-likeness (QED) is 0.821. The van der Waals surface area contributed by atoms with Crippen molar-refractivity contribution in [3.05, 3.63) is 36.2 Å². The van der Waals surface area contributed by atoms with Crippen molar-refractivity contribution in [3.63, 3.8) is 0 Å². The Hall–Kier alpha value is -1.19. The average molecular weight is 367 g/mol. The van der Waals surface area contributed by atoms with Gasteiger partial charge in [-0.25, -0.2) is 12.8 Å². The maximum atomic E-state index is 13.1. The lowest BCUT2D eigenvalue weighted by Crippen LogP contribution is -2.40. The SMILES string of the molecule is Cl.NC/C=C(\F)COc1ccc(S(=O)(=O)N2CCOCC2)cc1. The van der Waals surface area contributed by atoms with Crippen molar-refractivity contribution in [3.8, 4) is 5.75 Å². The van der Waals surface area contributed by atoms with Gasteiger partial charge in [0.25, 0.3) is 0 Å². The zero-order valence-corrected chi connectivity index (χ0v) is 14.1. The second kappa shape index (κ2) is 9.19. The van der Waals surface area contributed by atoms with Gasteiger partial charge in [-0.05, 0) is 30.3 Å². The molecule has 0 saturated carbocycles. The number of nitrogens with two attached hydrogens (primary N) is 1. The number of halogens is 2. The third kappa shape index (κ3) is 5.43. The fourth-order valence-electron chi connectivity index (χ4n) is 1.98. The van der Waals surface area contributed by atoms with Crippen LogP contribution in [0, 0.1) is 0 Å². The van der Waals surface area contributed by atoms with Gasteiger partial charge in [0.2, 0.25) is 10.0 Å². The average Bonchev–Trinajstić information content (AvgIpc) is 2.54. The molecule has 2 N–H and O–H groups in total. The summed E-state index contributed by atoms with van der Waals surface area (Å²) in [6, 6.07) is 5.90. The molecule has 1 saturated heterocycles. The van der Waals surface area contributed by atoms with E-state index in [2.05, 4.69) is 0 Å². The molecule has 9 heteroatoms. The molecule has 6 nitrogen and oxygen atoms in total. The fourth-order valence-corrected chi connectivity index (χ4v) is 3.39. The Bertz CT molecular complexity index is 616. The molecular formula is C14H20ClFN2O4S. The van der Waals surface area contributed by atoms with Gasteiger partial charge in [-0.2, -0.15) is 4.31 Å². The maximum absolute atomic E-state index is 13.1. The molecule has 0 bridgehead atoms. The Morgan fingerprint density at radius 1 is 1.30 bits per heavy atom. The summed E-state index contributed by atoms with van der Waals surface area (Å²) in [5, 5.41) is 0. The van der Waals surface area contributed by atoms with Crippen molar-refractivity contribution in [1.82, 2.24) is 4.31 Å². The van der Waals surface area contributed by atoms with Crippen LogP contribution >= 0.6 is 12.4 Å². The summed E-state index contributed by atoms with van der Waals surface area (Å²) in [7, 11) is -3.52. The van der Waals surface area contributed by atoms with E-state index >= 15 is 0 Å². The summed E-state index contributed by atoms with van der Waals surface area (Å²) >= 11 is 0. The minimum Gasteiger partial charge on any atom is -0.487 e. The molecule has 2 rings (SSSR count). The van der Waals surface area contributed by atoms with Gasteiger partial charge in [-0.15, -0.1) is 12.4 Å². The van der Waals surface area contributed by atoms with Crippen molar-refractivity contribution in [2.24, 2.45) is 5.73 Å². The highest BCUT2D eigenvalue weighted by Crippen LogP contribution is 2.20. The van der Waals surface area contributed by atoms with Crippen molar-refractivity contribution >= 4 is 22.4 Å². The van der Waals surface area contributed by atoms with Gasteiger partial charge in [0, 0.05) is 19.6 Å². The Balaban J connectivity index is 0.00000264. The normalized spacial score (nSPS) is 16.7. The predicted octanol–water partition coefficient (Wildman–Crippen LogP) is 1.32. The van der Waals surface area contributed by atoms with Crippen LogP contribution in [0.5, 0.6) is 5.75 Å². The second-order valence-electron chi connectivity index (χ2n) is 4.66. The lowest BCUT2D eigenvalue weighted by molar-refractivity contribution is 0.0730. The van der Waals surface area contributed by atoms with Crippen molar-refractivity contribution in [2.45, 2.75) is 4.90 Å². The molecular weight excluding hydrogens is 347 g/mol. The minimum atomic E-state index is -3.52. The topological polar surface area (TPSA) is 81.9 Å². The molecule has 130 valence electrons. The summed E-state index contributed by atoms with van der Waals surface area (Å²) < 4.78 is 49.7. The first-order valence-corrected chi connectivity index (χ1v) is 8.33. The van der Waals surface area contributed by atoms with Crippen molar-refractivity contribution in [1.29, 1.82) is 0 Å². The summed E-state index contributed by atoms with van der Waals surface area (Å²) in [6.07, 6.45) is 1.22. The molecule has 1 aliphatic heterocycles. The number of ether oxygens (including phenoxy) is 2. The first-order chi connectivity index (χ1) is 10.5. The smallest absolute Gasteiger partial charge is 0.243 e. The molecule has 0 atom stereocenters. The van der Waals surface area contributed by atoms with E-state index in [-0.39, 0.29) is 30.5 Å². The lowest BCUT2D eigenvalue weighted by atomic mass is 10.3. The van der Waals surface area contributed by atoms with Crippen LogP contribution < -0.4 is 10.5 Å². The third-order valence-electron chi connectivity index (χ3n) is 3.15. The molecule has 1 heterocycles. The Labute approximate surface area is 141 Å². The number of hydrogen-bond donors (Lipinski definition) is 1. The molecule has 0 unspecified atom stereocenters. The molecule has 0 radical (unpaired) electrons. The number of sulfonamides is 1. The van der Waals surface area contributed by atoms with Gasteiger partial charge in [-0.1, -0.05) is 0 Å². The van der Waals surface area contributed by atoms with Gasteiger partial charge in [0.05, 0.1) is 18.1 Å². The number of morpholine rings is 1. The molecule has 0 aromatic heterocycles. The minimum absolute atomic E-state index is 0. The number of hydrogen-bond acceptors (Lipinski definition) is 5. The highest BCUT2D eigenvalue weighted by atomic mass is 35.5. The Morgan fingerprint density at radius 3 is 2.48 bits per heavy atom. The van der Waals surface area contributed by atoms with E-state index in [1.165, 1.54) is 34.6 Å². The van der Waals surface area contributed by atoms with Gasteiger partial charge in [0.15, 0.2) is 0 Å². The van der Waals surface area contributed by atoms with Crippen LogP contribution in [-0.2, 0) is 14.8 Å². The molecule has 1 aromatic rings. The number of benzene rings is 1. The Morgan fingerprint density at radius 2 is 1.91 bits per heavy atom. The van der Waals surface area contributed by atoms with E-state index in [0.29, 0.717) is 32.1 Å². The van der Waals surface area contributed by atoms with Gasteiger partial charge < -0.3 is 15.2 Å². The van der Waals surface area contributed by atoms with Gasteiger partial charge in [-0.3, -0.25) is 0 Å². The number of rotatable bonds is 6. The summed E-state index contributed by atoms with van der Waals surface area (Å²) in [4.78, 5) is 0.180. The zero-order chi connectivity index (χ0) is 16.0. The largest absolute Gasteiger partial charge is 0.487 e. The molecule has 1 aliphatic rings. The zero-order valence-electron chi connectivity index (χ0n) is 12.5. The standard InChI is InChI=1S/C14H19FN2O4S.ClH/c15-12(5-6-16)11-21-13-1-3-14(4-2-13)22(18,19)17-7-9-20-10-8-17;/h1-5H,6-11,16H2;1H/b12-5-;. The fraction of sp³-hybridized carbons (Fsp3) is 0.429. The first kappa shape index (κ1) is 19.9. The second-order valence-corrected chi connectivity index (χ2v) is 6.60. The van der Waals surface area contributed by atoms with E-state index < -0.39 is 15.9 Å². The maximum Gasteiger partial charge on any atom is 0.243 e. The highest BCUT2D eigenvalue weighted by Gasteiger charge is 2.26. The monoisotopic (exact) mass is 366 g/mol. The number of nitrogens with zero attached hydrogens (tertiary/aromatic N) is 1. The van der Waals surface area contributed by atoms with Crippen molar-refractivity contribution in [2.75, 3.05) is 39.5 Å². The molecule has 23 heavy (non-hydrogen) atoms. The summed E-state index contributed by atoms with van der Waals surface area (Å²) in [6.45, 7) is 1.35.